The van der Waals surface area contributed by atoms with Crippen molar-refractivity contribution in [1.29, 1.82) is 0 Å². The monoisotopic (exact) mass is 248 g/mol. The molecule has 0 aliphatic rings. The van der Waals surface area contributed by atoms with Crippen molar-refractivity contribution < 1.29 is 13.9 Å². The van der Waals surface area contributed by atoms with E-state index in [0.29, 0.717) is 19.0 Å². The zero-order valence-electron chi connectivity index (χ0n) is 8.83. The van der Waals surface area contributed by atoms with Gasteiger partial charge in [0.1, 0.15) is 5.88 Å². The number of nitrogens with one attached hydrogen (secondary N) is 2. The molecular formula is C8H13ClN4O3. The van der Waals surface area contributed by atoms with Crippen LogP contribution in [0.2, 0.25) is 0 Å². The van der Waals surface area contributed by atoms with E-state index in [2.05, 4.69) is 20.8 Å². The highest BCUT2D eigenvalue weighted by molar-refractivity contribution is 6.16. The van der Waals surface area contributed by atoms with E-state index in [1.807, 2.05) is 0 Å². The van der Waals surface area contributed by atoms with Gasteiger partial charge in [0.25, 0.3) is 0 Å². The molecule has 2 N–H and O–H groups in total. The summed E-state index contributed by atoms with van der Waals surface area (Å²) in [5.41, 5.74) is 0. The molecule has 0 fully saturated rings. The average molecular weight is 249 g/mol. The normalized spacial score (nSPS) is 10.1. The van der Waals surface area contributed by atoms with Crippen LogP contribution in [0.3, 0.4) is 0 Å². The molecule has 1 amide bonds. The first-order chi connectivity index (χ1) is 7.76. The van der Waals surface area contributed by atoms with Crippen molar-refractivity contribution in [3.63, 3.8) is 0 Å². The molecule has 7 nitrogen and oxygen atoms in total. The van der Waals surface area contributed by atoms with Gasteiger partial charge in [0.2, 0.25) is 11.8 Å². The largest absolute Gasteiger partial charge is 0.407 e. The summed E-state index contributed by atoms with van der Waals surface area (Å²) in [6.07, 6.45) is 0. The van der Waals surface area contributed by atoms with Crippen molar-refractivity contribution in [2.75, 3.05) is 32.1 Å². The van der Waals surface area contributed by atoms with Crippen molar-refractivity contribution in [3.8, 4) is 0 Å². The number of carbonyl (C=O) groups is 1. The summed E-state index contributed by atoms with van der Waals surface area (Å²) in [5.74, 6) is 0.279. The number of methoxy groups -OCH3 is 1. The van der Waals surface area contributed by atoms with Gasteiger partial charge in [0.05, 0.1) is 13.2 Å². The van der Waals surface area contributed by atoms with E-state index in [-0.39, 0.29) is 24.3 Å². The first-order valence-electron chi connectivity index (χ1n) is 4.64. The van der Waals surface area contributed by atoms with Crippen molar-refractivity contribution in [2.45, 2.75) is 5.88 Å². The van der Waals surface area contributed by atoms with Crippen LogP contribution in [0.25, 0.3) is 0 Å². The van der Waals surface area contributed by atoms with E-state index in [9.17, 15) is 4.79 Å². The third-order valence-electron chi connectivity index (χ3n) is 1.61. The lowest BCUT2D eigenvalue weighted by molar-refractivity contribution is -0.119. The number of anilines is 1. The molecule has 90 valence electrons. The second-order valence-corrected chi connectivity index (χ2v) is 3.10. The maximum Gasteiger partial charge on any atom is 0.315 e. The fraction of sp³-hybridized carbons (Fsp3) is 0.625. The van der Waals surface area contributed by atoms with Gasteiger partial charge in [0, 0.05) is 13.7 Å². The molecule has 0 aliphatic heterocycles. The fourth-order valence-corrected chi connectivity index (χ4v) is 0.998. The summed E-state index contributed by atoms with van der Waals surface area (Å²) < 4.78 is 9.82. The Morgan fingerprint density at radius 3 is 3.00 bits per heavy atom. The van der Waals surface area contributed by atoms with Gasteiger partial charge in [-0.1, -0.05) is 5.10 Å². The lowest BCUT2D eigenvalue weighted by Gasteiger charge is -2.03. The predicted octanol–water partition coefficient (Wildman–Crippen LogP) is -0.0171. The first kappa shape index (κ1) is 12.7. The van der Waals surface area contributed by atoms with Gasteiger partial charge in [-0.3, -0.25) is 4.79 Å². The van der Waals surface area contributed by atoms with Crippen LogP contribution in [0.15, 0.2) is 4.42 Å². The lowest BCUT2D eigenvalue weighted by Crippen LogP contribution is -2.32. The molecule has 0 atom stereocenters. The van der Waals surface area contributed by atoms with Gasteiger partial charge in [0.15, 0.2) is 0 Å². The van der Waals surface area contributed by atoms with Crippen LogP contribution in [0, 0.1) is 0 Å². The first-order valence-corrected chi connectivity index (χ1v) is 5.17. The fourth-order valence-electron chi connectivity index (χ4n) is 0.890. The van der Waals surface area contributed by atoms with Gasteiger partial charge >= 0.3 is 6.01 Å². The third kappa shape index (κ3) is 4.45. The van der Waals surface area contributed by atoms with Crippen LogP contribution in [0.5, 0.6) is 0 Å². The predicted molar refractivity (Wildman–Crippen MR) is 57.2 cm³/mol. The average Bonchev–Trinajstić information content (AvgIpc) is 2.74. The minimum atomic E-state index is -0.178. The molecule has 8 heteroatoms. The molecule has 1 aromatic heterocycles. The number of hydrogen-bond donors (Lipinski definition) is 2. The molecule has 1 heterocycles. The van der Waals surface area contributed by atoms with E-state index >= 15 is 0 Å². The maximum absolute atomic E-state index is 11.2. The van der Waals surface area contributed by atoms with Crippen molar-refractivity contribution in [2.24, 2.45) is 0 Å². The highest BCUT2D eigenvalue weighted by Crippen LogP contribution is 2.06. The molecule has 0 aliphatic carbocycles. The zero-order chi connectivity index (χ0) is 11.8. The second-order valence-electron chi connectivity index (χ2n) is 2.83. The summed E-state index contributed by atoms with van der Waals surface area (Å²) in [5, 5.41) is 12.6. The number of ether oxygens (including phenoxy) is 1. The molecule has 0 radical (unpaired) electrons. The molecular weight excluding hydrogens is 236 g/mol. The van der Waals surface area contributed by atoms with E-state index in [1.54, 1.807) is 7.11 Å². The van der Waals surface area contributed by atoms with Crippen molar-refractivity contribution in [3.05, 3.63) is 5.89 Å². The molecule has 0 saturated heterocycles. The molecule has 0 aromatic carbocycles. The van der Waals surface area contributed by atoms with Crippen LogP contribution >= 0.6 is 11.6 Å². The Morgan fingerprint density at radius 1 is 1.56 bits per heavy atom. The van der Waals surface area contributed by atoms with Gasteiger partial charge in [-0.25, -0.2) is 0 Å². The number of nitrogens with zero attached hydrogens (tertiary/aromatic N) is 2. The van der Waals surface area contributed by atoms with Gasteiger partial charge in [-0.2, -0.15) is 0 Å². The quantitative estimate of drug-likeness (QED) is 0.521. The second kappa shape index (κ2) is 7.02. The van der Waals surface area contributed by atoms with Crippen LogP contribution in [-0.4, -0.2) is 42.9 Å². The Labute approximate surface area is 97.5 Å². The summed E-state index contributed by atoms with van der Waals surface area (Å²) in [4.78, 5) is 11.2. The molecule has 16 heavy (non-hydrogen) atoms. The van der Waals surface area contributed by atoms with Crippen LogP contribution in [0.1, 0.15) is 5.89 Å². The molecule has 1 rings (SSSR count). The zero-order valence-corrected chi connectivity index (χ0v) is 9.58. The summed E-state index contributed by atoms with van der Waals surface area (Å²) in [7, 11) is 1.57. The summed E-state index contributed by atoms with van der Waals surface area (Å²) in [6.45, 7) is 1.00. The molecule has 0 unspecified atom stereocenters. The van der Waals surface area contributed by atoms with Gasteiger partial charge in [-0.05, 0) is 0 Å². The van der Waals surface area contributed by atoms with Gasteiger partial charge < -0.3 is 19.8 Å². The van der Waals surface area contributed by atoms with Crippen molar-refractivity contribution in [1.82, 2.24) is 15.5 Å². The molecule has 0 bridgehead atoms. The number of hydrogen-bond acceptors (Lipinski definition) is 6. The Kier molecular flexibility index (Phi) is 5.58. The van der Waals surface area contributed by atoms with Crippen LogP contribution in [0.4, 0.5) is 6.01 Å². The maximum atomic E-state index is 11.2. The van der Waals surface area contributed by atoms with Crippen LogP contribution < -0.4 is 10.6 Å². The van der Waals surface area contributed by atoms with E-state index in [4.69, 9.17) is 20.8 Å². The van der Waals surface area contributed by atoms with E-state index in [0.717, 1.165) is 0 Å². The molecule has 0 saturated carbocycles. The standard InChI is InChI=1S/C8H13ClN4O3/c1-15-3-2-10-6(14)5-11-8-13-12-7(4-9)16-8/h2-5H2,1H3,(H,10,14)(H,11,13). The van der Waals surface area contributed by atoms with Crippen molar-refractivity contribution >= 4 is 23.5 Å². The molecule has 1 aromatic rings. The van der Waals surface area contributed by atoms with Gasteiger partial charge in [-0.15, -0.1) is 16.7 Å². The summed E-state index contributed by atoms with van der Waals surface area (Å²) in [6, 6.07) is 0.178. The molecule has 0 spiro atoms. The number of halogens is 1. The minimum Gasteiger partial charge on any atom is -0.407 e. The Balaban J connectivity index is 2.20. The topological polar surface area (TPSA) is 89.3 Å². The van der Waals surface area contributed by atoms with E-state index < -0.39 is 0 Å². The third-order valence-corrected chi connectivity index (χ3v) is 1.84. The summed E-state index contributed by atoms with van der Waals surface area (Å²) >= 11 is 5.47. The Bertz CT molecular complexity index is 331. The number of rotatable bonds is 7. The van der Waals surface area contributed by atoms with Crippen LogP contribution in [-0.2, 0) is 15.4 Å². The number of carbonyl (C=O) groups excluding carboxylic acids is 1. The highest BCUT2D eigenvalue weighted by Gasteiger charge is 2.06. The minimum absolute atomic E-state index is 0.0631. The number of amides is 1. The number of aromatic nitrogens is 2. The lowest BCUT2D eigenvalue weighted by atomic mass is 10.5. The Hall–Kier alpha value is -1.34. The van der Waals surface area contributed by atoms with E-state index in [1.165, 1.54) is 0 Å². The Morgan fingerprint density at radius 2 is 2.38 bits per heavy atom. The highest BCUT2D eigenvalue weighted by atomic mass is 35.5. The SMILES string of the molecule is COCCNC(=O)CNc1nnc(CCl)o1. The smallest absolute Gasteiger partial charge is 0.315 e. The number of alkyl halides is 1.